The van der Waals surface area contributed by atoms with Crippen LogP contribution in [0.15, 0.2) is 18.2 Å². The summed E-state index contributed by atoms with van der Waals surface area (Å²) in [7, 11) is 1.58. The fourth-order valence-corrected chi connectivity index (χ4v) is 3.29. The number of Topliss-reactive ketones (excluding diaryl/α,β-unsaturated/α-hetero) is 1. The number of carbonyl (C=O) groups is 1. The molecular weight excluding hydrogens is 264 g/mol. The van der Waals surface area contributed by atoms with Gasteiger partial charge in [0.2, 0.25) is 0 Å². The molecule has 2 atom stereocenters. The lowest BCUT2D eigenvalue weighted by molar-refractivity contribution is 0.0926. The summed E-state index contributed by atoms with van der Waals surface area (Å²) in [5.41, 5.74) is 7.05. The van der Waals surface area contributed by atoms with Crippen LogP contribution in [0.2, 0.25) is 0 Å². The molecular formula is C17H26N2O2. The lowest BCUT2D eigenvalue weighted by Gasteiger charge is -2.34. The topological polar surface area (TPSA) is 55.6 Å². The first-order valence-electron chi connectivity index (χ1n) is 7.68. The number of hydrogen-bond acceptors (Lipinski definition) is 4. The fraction of sp³-hybridized carbons (Fsp3) is 0.588. The van der Waals surface area contributed by atoms with Gasteiger partial charge in [0.25, 0.3) is 0 Å². The number of nitrogens with zero attached hydrogens (tertiary/aromatic N) is 1. The van der Waals surface area contributed by atoms with E-state index in [1.807, 2.05) is 0 Å². The molecule has 0 bridgehead atoms. The number of ether oxygens (including phenoxy) is 1. The molecule has 116 valence electrons. The van der Waals surface area contributed by atoms with Crippen LogP contribution < -0.4 is 10.5 Å². The molecule has 0 aromatic heterocycles. The predicted octanol–water partition coefficient (Wildman–Crippen LogP) is 2.83. The number of anilines is 1. The molecule has 0 saturated carbocycles. The normalized spacial score (nSPS) is 23.0. The molecule has 2 unspecified atom stereocenters. The standard InChI is InChI=1S/C17H26N2O2/c1-12-8-13(2)11-19(10-12)7-6-16(20)14-4-5-17(21-3)15(18)9-14/h4-5,9,12-13H,6-8,10-11,18H2,1-3H3. The average Bonchev–Trinajstić information content (AvgIpc) is 2.43. The summed E-state index contributed by atoms with van der Waals surface area (Å²) in [6.45, 7) is 7.60. The van der Waals surface area contributed by atoms with Gasteiger partial charge in [-0.15, -0.1) is 0 Å². The maximum absolute atomic E-state index is 12.3. The van der Waals surface area contributed by atoms with Gasteiger partial charge < -0.3 is 15.4 Å². The summed E-state index contributed by atoms with van der Waals surface area (Å²) in [5.74, 6) is 2.21. The molecule has 1 aromatic carbocycles. The Balaban J connectivity index is 1.91. The molecule has 1 saturated heterocycles. The molecule has 0 amide bonds. The maximum atomic E-state index is 12.3. The van der Waals surface area contributed by atoms with Crippen LogP contribution in [0.4, 0.5) is 5.69 Å². The number of likely N-dealkylation sites (tertiary alicyclic amines) is 1. The quantitative estimate of drug-likeness (QED) is 0.669. The molecule has 1 aromatic rings. The lowest BCUT2D eigenvalue weighted by Crippen LogP contribution is -2.39. The minimum absolute atomic E-state index is 0.148. The predicted molar refractivity (Wildman–Crippen MR) is 85.7 cm³/mol. The molecule has 2 N–H and O–H groups in total. The van der Waals surface area contributed by atoms with Gasteiger partial charge in [-0.1, -0.05) is 13.8 Å². The highest BCUT2D eigenvalue weighted by Gasteiger charge is 2.22. The smallest absolute Gasteiger partial charge is 0.164 e. The third-order valence-electron chi connectivity index (χ3n) is 4.15. The van der Waals surface area contributed by atoms with Crippen molar-refractivity contribution in [1.29, 1.82) is 0 Å². The SMILES string of the molecule is COc1ccc(C(=O)CCN2CC(C)CC(C)C2)cc1N. The van der Waals surface area contributed by atoms with Crippen molar-refractivity contribution < 1.29 is 9.53 Å². The summed E-state index contributed by atoms with van der Waals surface area (Å²) in [6.07, 6.45) is 1.84. The van der Waals surface area contributed by atoms with Crippen LogP contribution >= 0.6 is 0 Å². The summed E-state index contributed by atoms with van der Waals surface area (Å²) in [6, 6.07) is 5.26. The van der Waals surface area contributed by atoms with Gasteiger partial charge in [0.15, 0.2) is 5.78 Å². The Hall–Kier alpha value is -1.55. The van der Waals surface area contributed by atoms with Crippen molar-refractivity contribution >= 4 is 11.5 Å². The van der Waals surface area contributed by atoms with Crippen LogP contribution in [0, 0.1) is 11.8 Å². The van der Waals surface area contributed by atoms with E-state index in [9.17, 15) is 4.79 Å². The van der Waals surface area contributed by atoms with E-state index in [1.165, 1.54) is 6.42 Å². The Kier molecular flexibility index (Phi) is 5.23. The van der Waals surface area contributed by atoms with E-state index in [-0.39, 0.29) is 5.78 Å². The first-order valence-corrected chi connectivity index (χ1v) is 7.68. The highest BCUT2D eigenvalue weighted by atomic mass is 16.5. The van der Waals surface area contributed by atoms with Crippen LogP contribution in [0.5, 0.6) is 5.75 Å². The van der Waals surface area contributed by atoms with Crippen molar-refractivity contribution in [2.24, 2.45) is 11.8 Å². The summed E-state index contributed by atoms with van der Waals surface area (Å²) in [5, 5.41) is 0. The van der Waals surface area contributed by atoms with Gasteiger partial charge >= 0.3 is 0 Å². The van der Waals surface area contributed by atoms with Gasteiger partial charge in [-0.05, 0) is 36.5 Å². The molecule has 21 heavy (non-hydrogen) atoms. The third kappa shape index (κ3) is 4.21. The van der Waals surface area contributed by atoms with Crippen LogP contribution in [0.1, 0.15) is 37.0 Å². The fourth-order valence-electron chi connectivity index (χ4n) is 3.29. The monoisotopic (exact) mass is 290 g/mol. The zero-order valence-corrected chi connectivity index (χ0v) is 13.3. The van der Waals surface area contributed by atoms with Gasteiger partial charge in [-0.2, -0.15) is 0 Å². The minimum Gasteiger partial charge on any atom is -0.495 e. The summed E-state index contributed by atoms with van der Waals surface area (Å²) >= 11 is 0. The molecule has 0 aliphatic carbocycles. The second kappa shape index (κ2) is 6.94. The number of nitrogen functional groups attached to an aromatic ring is 1. The highest BCUT2D eigenvalue weighted by Crippen LogP contribution is 2.24. The van der Waals surface area contributed by atoms with E-state index in [0.717, 1.165) is 31.5 Å². The number of nitrogens with two attached hydrogens (primary N) is 1. The second-order valence-corrected chi connectivity index (χ2v) is 6.34. The van der Waals surface area contributed by atoms with E-state index in [0.29, 0.717) is 23.4 Å². The Morgan fingerprint density at radius 1 is 1.33 bits per heavy atom. The molecule has 1 fully saturated rings. The number of ketones is 1. The van der Waals surface area contributed by atoms with Gasteiger partial charge in [-0.25, -0.2) is 0 Å². The van der Waals surface area contributed by atoms with Crippen molar-refractivity contribution in [1.82, 2.24) is 4.90 Å². The van der Waals surface area contributed by atoms with E-state index in [2.05, 4.69) is 18.7 Å². The number of methoxy groups -OCH3 is 1. The van der Waals surface area contributed by atoms with E-state index in [1.54, 1.807) is 25.3 Å². The van der Waals surface area contributed by atoms with Gasteiger partial charge in [0, 0.05) is 31.6 Å². The summed E-state index contributed by atoms with van der Waals surface area (Å²) < 4.78 is 5.11. The van der Waals surface area contributed by atoms with E-state index >= 15 is 0 Å². The van der Waals surface area contributed by atoms with E-state index < -0.39 is 0 Å². The maximum Gasteiger partial charge on any atom is 0.164 e. The molecule has 1 heterocycles. The van der Waals surface area contributed by atoms with E-state index in [4.69, 9.17) is 10.5 Å². The van der Waals surface area contributed by atoms with Crippen LogP contribution in [0.3, 0.4) is 0 Å². The second-order valence-electron chi connectivity index (χ2n) is 6.34. The average molecular weight is 290 g/mol. The van der Waals surface area contributed by atoms with Crippen LogP contribution in [-0.2, 0) is 0 Å². The van der Waals surface area contributed by atoms with Gasteiger partial charge in [0.05, 0.1) is 12.8 Å². The number of rotatable bonds is 5. The Bertz CT molecular complexity index is 492. The van der Waals surface area contributed by atoms with Crippen molar-refractivity contribution in [3.63, 3.8) is 0 Å². The Morgan fingerprint density at radius 2 is 2.00 bits per heavy atom. The molecule has 1 aliphatic rings. The first-order chi connectivity index (χ1) is 9.99. The van der Waals surface area contributed by atoms with Gasteiger partial charge in [0.1, 0.15) is 5.75 Å². The van der Waals surface area contributed by atoms with Crippen LogP contribution in [0.25, 0.3) is 0 Å². The van der Waals surface area contributed by atoms with Crippen molar-refractivity contribution in [2.45, 2.75) is 26.7 Å². The molecule has 2 rings (SSSR count). The lowest BCUT2D eigenvalue weighted by atomic mass is 9.91. The molecule has 0 spiro atoms. The van der Waals surface area contributed by atoms with Crippen molar-refractivity contribution in [3.05, 3.63) is 23.8 Å². The Labute approximate surface area is 127 Å². The largest absolute Gasteiger partial charge is 0.495 e. The molecule has 0 radical (unpaired) electrons. The number of hydrogen-bond donors (Lipinski definition) is 1. The number of benzene rings is 1. The molecule has 4 heteroatoms. The summed E-state index contributed by atoms with van der Waals surface area (Å²) in [4.78, 5) is 14.7. The van der Waals surface area contributed by atoms with Crippen LogP contribution in [-0.4, -0.2) is 37.4 Å². The first kappa shape index (κ1) is 15.8. The van der Waals surface area contributed by atoms with Crippen molar-refractivity contribution in [3.8, 4) is 5.75 Å². The minimum atomic E-state index is 0.148. The highest BCUT2D eigenvalue weighted by molar-refractivity contribution is 5.97. The molecule has 1 aliphatic heterocycles. The zero-order valence-electron chi connectivity index (χ0n) is 13.3. The van der Waals surface area contributed by atoms with Crippen molar-refractivity contribution in [2.75, 3.05) is 32.5 Å². The van der Waals surface area contributed by atoms with Gasteiger partial charge in [-0.3, -0.25) is 4.79 Å². The zero-order chi connectivity index (χ0) is 15.4. The Morgan fingerprint density at radius 3 is 2.57 bits per heavy atom. The molecule has 4 nitrogen and oxygen atoms in total. The number of carbonyl (C=O) groups excluding carboxylic acids is 1. The third-order valence-corrected chi connectivity index (χ3v) is 4.15. The number of piperidine rings is 1.